The number of carbonyl (C=O) groups excluding carboxylic acids is 2. The third kappa shape index (κ3) is 3.42. The van der Waals surface area contributed by atoms with Crippen LogP contribution in [0.4, 0.5) is 0 Å². The van der Waals surface area contributed by atoms with Crippen molar-refractivity contribution in [2.75, 3.05) is 7.11 Å². The number of rotatable bonds is 4. The number of hydrogen-bond acceptors (Lipinski definition) is 4. The number of carboxylic acid groups (broad SMARTS) is 1. The molecule has 0 aliphatic carbocycles. The van der Waals surface area contributed by atoms with E-state index in [1.54, 1.807) is 24.3 Å². The highest BCUT2D eigenvalue weighted by atomic mass is 16.5. The number of nitrogens with zero attached hydrogens (tertiary/aromatic N) is 1. The van der Waals surface area contributed by atoms with Crippen molar-refractivity contribution in [3.8, 4) is 5.75 Å². The summed E-state index contributed by atoms with van der Waals surface area (Å²) in [7, 11) is 1.47. The predicted octanol–water partition coefficient (Wildman–Crippen LogP) is 1.59. The van der Waals surface area contributed by atoms with Gasteiger partial charge in [-0.25, -0.2) is 4.79 Å². The molecule has 0 saturated carbocycles. The Morgan fingerprint density at radius 1 is 1.19 bits per heavy atom. The smallest absolute Gasteiger partial charge is 0.326 e. The van der Waals surface area contributed by atoms with E-state index in [0.29, 0.717) is 37.0 Å². The van der Waals surface area contributed by atoms with Crippen molar-refractivity contribution in [3.63, 3.8) is 0 Å². The van der Waals surface area contributed by atoms with Crippen LogP contribution in [-0.2, 0) is 9.59 Å². The Labute approximate surface area is 151 Å². The van der Waals surface area contributed by atoms with Gasteiger partial charge in [-0.05, 0) is 37.8 Å². The molecule has 3 atom stereocenters. The molecular formula is C19H22N2O5. The van der Waals surface area contributed by atoms with Gasteiger partial charge in [0, 0.05) is 6.04 Å². The van der Waals surface area contributed by atoms with Gasteiger partial charge in [-0.15, -0.1) is 0 Å². The number of hydrogen-bond donors (Lipinski definition) is 2. The molecule has 0 unspecified atom stereocenters. The minimum absolute atomic E-state index is 0.134. The second-order valence-corrected chi connectivity index (χ2v) is 6.50. The molecule has 2 aliphatic heterocycles. The standard InChI is InChI=1S/C19H22N2O5/c1-26-16-9-5-3-7-13(16)17(22)20-14-8-4-2-6-12-10-11-15(19(24)25)21(12)18(14)23/h2-5,7,9,12,14-15H,6,8,10-11H2,1H3,(H,20,22)(H,24,25)/t12-,14+,15+/m1/s1. The van der Waals surface area contributed by atoms with Gasteiger partial charge < -0.3 is 20.1 Å². The summed E-state index contributed by atoms with van der Waals surface area (Å²) < 4.78 is 5.20. The van der Waals surface area contributed by atoms with Crippen molar-refractivity contribution in [1.29, 1.82) is 0 Å². The third-order valence-electron chi connectivity index (χ3n) is 4.94. The molecule has 138 valence electrons. The van der Waals surface area contributed by atoms with Crippen molar-refractivity contribution >= 4 is 17.8 Å². The molecule has 3 rings (SSSR count). The van der Waals surface area contributed by atoms with E-state index in [9.17, 15) is 19.5 Å². The van der Waals surface area contributed by atoms with Crippen LogP contribution in [-0.4, -0.2) is 53.0 Å². The molecule has 0 bridgehead atoms. The number of methoxy groups -OCH3 is 1. The number of carboxylic acids is 1. The van der Waals surface area contributed by atoms with Crippen LogP contribution in [0.15, 0.2) is 36.4 Å². The van der Waals surface area contributed by atoms with Crippen LogP contribution in [0.2, 0.25) is 0 Å². The molecule has 2 amide bonds. The lowest BCUT2D eigenvalue weighted by Crippen LogP contribution is -2.54. The summed E-state index contributed by atoms with van der Waals surface area (Å²) in [5.74, 6) is -1.34. The highest BCUT2D eigenvalue weighted by Gasteiger charge is 2.43. The van der Waals surface area contributed by atoms with Crippen molar-refractivity contribution in [2.24, 2.45) is 0 Å². The quantitative estimate of drug-likeness (QED) is 0.797. The molecule has 2 N–H and O–H groups in total. The lowest BCUT2D eigenvalue weighted by atomic mass is 10.0. The Balaban J connectivity index is 1.83. The average molecular weight is 358 g/mol. The largest absolute Gasteiger partial charge is 0.496 e. The summed E-state index contributed by atoms with van der Waals surface area (Å²) in [6.07, 6.45) is 5.89. The number of aliphatic carboxylic acids is 1. The first kappa shape index (κ1) is 18.0. The van der Waals surface area contributed by atoms with Crippen molar-refractivity contribution in [1.82, 2.24) is 10.2 Å². The monoisotopic (exact) mass is 358 g/mol. The highest BCUT2D eigenvalue weighted by molar-refractivity contribution is 6.00. The fraction of sp³-hybridized carbons (Fsp3) is 0.421. The lowest BCUT2D eigenvalue weighted by molar-refractivity contribution is -0.150. The fourth-order valence-corrected chi connectivity index (χ4v) is 3.65. The van der Waals surface area contributed by atoms with Crippen LogP contribution in [0, 0.1) is 0 Å². The summed E-state index contributed by atoms with van der Waals surface area (Å²) in [5.41, 5.74) is 0.335. The molecule has 1 saturated heterocycles. The summed E-state index contributed by atoms with van der Waals surface area (Å²) in [5, 5.41) is 12.2. The van der Waals surface area contributed by atoms with E-state index in [0.717, 1.165) is 0 Å². The van der Waals surface area contributed by atoms with E-state index in [1.807, 2.05) is 12.2 Å². The third-order valence-corrected chi connectivity index (χ3v) is 4.94. The summed E-state index contributed by atoms with van der Waals surface area (Å²) in [6.45, 7) is 0. The molecular weight excluding hydrogens is 336 g/mol. The fourth-order valence-electron chi connectivity index (χ4n) is 3.65. The maximum absolute atomic E-state index is 13.0. The van der Waals surface area contributed by atoms with Gasteiger partial charge in [-0.2, -0.15) is 0 Å². The Bertz CT molecular complexity index is 745. The van der Waals surface area contributed by atoms with Gasteiger partial charge in [0.15, 0.2) is 0 Å². The van der Waals surface area contributed by atoms with E-state index in [1.165, 1.54) is 12.0 Å². The first-order valence-corrected chi connectivity index (χ1v) is 8.66. The lowest BCUT2D eigenvalue weighted by Gasteiger charge is -2.32. The Kier molecular flexibility index (Phi) is 5.25. The molecule has 2 aliphatic rings. The number of amides is 2. The van der Waals surface area contributed by atoms with Gasteiger partial charge in [0.2, 0.25) is 5.91 Å². The molecule has 1 aromatic rings. The topological polar surface area (TPSA) is 95.9 Å². The molecule has 26 heavy (non-hydrogen) atoms. The Morgan fingerprint density at radius 2 is 1.92 bits per heavy atom. The van der Waals surface area contributed by atoms with Gasteiger partial charge in [0.1, 0.15) is 17.8 Å². The molecule has 2 heterocycles. The van der Waals surface area contributed by atoms with Crippen molar-refractivity contribution < 1.29 is 24.2 Å². The van der Waals surface area contributed by atoms with Gasteiger partial charge >= 0.3 is 5.97 Å². The van der Waals surface area contributed by atoms with Gasteiger partial charge in [-0.1, -0.05) is 24.3 Å². The van der Waals surface area contributed by atoms with E-state index < -0.39 is 24.0 Å². The minimum atomic E-state index is -1.000. The molecule has 0 radical (unpaired) electrons. The van der Waals surface area contributed by atoms with Crippen molar-refractivity contribution in [2.45, 2.75) is 43.8 Å². The Hall–Kier alpha value is -2.83. The molecule has 1 aromatic carbocycles. The van der Waals surface area contributed by atoms with E-state index >= 15 is 0 Å². The number of carbonyl (C=O) groups is 3. The zero-order chi connectivity index (χ0) is 18.7. The predicted molar refractivity (Wildman–Crippen MR) is 93.9 cm³/mol. The van der Waals surface area contributed by atoms with Crippen LogP contribution in [0.5, 0.6) is 5.75 Å². The van der Waals surface area contributed by atoms with Crippen LogP contribution < -0.4 is 10.1 Å². The molecule has 0 aromatic heterocycles. The number of nitrogens with one attached hydrogen (secondary N) is 1. The number of benzene rings is 1. The molecule has 0 spiro atoms. The van der Waals surface area contributed by atoms with Crippen molar-refractivity contribution in [3.05, 3.63) is 42.0 Å². The molecule has 7 nitrogen and oxygen atoms in total. The normalized spacial score (nSPS) is 25.2. The second kappa shape index (κ2) is 7.59. The highest BCUT2D eigenvalue weighted by Crippen LogP contribution is 2.29. The summed E-state index contributed by atoms with van der Waals surface area (Å²) in [4.78, 5) is 38.6. The van der Waals surface area contributed by atoms with E-state index in [2.05, 4.69) is 5.32 Å². The van der Waals surface area contributed by atoms with Crippen LogP contribution in [0.1, 0.15) is 36.0 Å². The van der Waals surface area contributed by atoms with Crippen LogP contribution in [0.3, 0.4) is 0 Å². The molecule has 1 fully saturated rings. The summed E-state index contributed by atoms with van der Waals surface area (Å²) in [6, 6.07) is 5.00. The van der Waals surface area contributed by atoms with Crippen LogP contribution >= 0.6 is 0 Å². The van der Waals surface area contributed by atoms with Gasteiger partial charge in [0.25, 0.3) is 5.91 Å². The molecule has 7 heteroatoms. The Morgan fingerprint density at radius 3 is 2.65 bits per heavy atom. The SMILES string of the molecule is COc1ccccc1C(=O)N[C@H]1CC=CC[C@@H]2CC[C@@H](C(=O)O)N2C1=O. The number of ether oxygens (including phenoxy) is 1. The maximum atomic E-state index is 13.0. The van der Waals surface area contributed by atoms with Gasteiger partial charge in [-0.3, -0.25) is 9.59 Å². The maximum Gasteiger partial charge on any atom is 0.326 e. The first-order valence-electron chi connectivity index (χ1n) is 8.66. The van der Waals surface area contributed by atoms with Gasteiger partial charge in [0.05, 0.1) is 12.7 Å². The second-order valence-electron chi connectivity index (χ2n) is 6.50. The number of fused-ring (bicyclic) bond motifs is 1. The number of para-hydroxylation sites is 1. The first-order chi connectivity index (χ1) is 12.5. The zero-order valence-corrected chi connectivity index (χ0v) is 14.6. The van der Waals surface area contributed by atoms with Crippen LogP contribution in [0.25, 0.3) is 0 Å². The summed E-state index contributed by atoms with van der Waals surface area (Å²) >= 11 is 0. The van der Waals surface area contributed by atoms with E-state index in [-0.39, 0.29) is 11.9 Å². The van der Waals surface area contributed by atoms with E-state index in [4.69, 9.17) is 4.74 Å². The minimum Gasteiger partial charge on any atom is -0.496 e. The zero-order valence-electron chi connectivity index (χ0n) is 14.6. The average Bonchev–Trinajstić information content (AvgIpc) is 3.05.